The van der Waals surface area contributed by atoms with Gasteiger partial charge in [-0.2, -0.15) is 0 Å². The number of fused-ring (bicyclic) bond motifs is 1. The quantitative estimate of drug-likeness (QED) is 0.865. The molecule has 0 spiro atoms. The van der Waals surface area contributed by atoms with Gasteiger partial charge in [0.05, 0.1) is 11.2 Å². The Morgan fingerprint density at radius 3 is 2.87 bits per heavy atom. The number of rotatable bonds is 3. The molecule has 4 rings (SSSR count). The predicted molar refractivity (Wildman–Crippen MR) is 90.8 cm³/mol. The van der Waals surface area contributed by atoms with Crippen molar-refractivity contribution >= 4 is 10.9 Å². The molecule has 0 aliphatic carbocycles. The van der Waals surface area contributed by atoms with Crippen LogP contribution in [-0.2, 0) is 6.54 Å². The summed E-state index contributed by atoms with van der Waals surface area (Å²) in [6.45, 7) is 6.82. The SMILES string of the molecule is CC1CCCCN1C1CN(Cc2ccc3cc(F)ccc3n2)C1. The Kier molecular flexibility index (Phi) is 4.04. The van der Waals surface area contributed by atoms with Crippen LogP contribution in [0.4, 0.5) is 4.39 Å². The van der Waals surface area contributed by atoms with Gasteiger partial charge in [0, 0.05) is 37.1 Å². The third kappa shape index (κ3) is 3.10. The molecule has 1 atom stereocenters. The fraction of sp³-hybridized carbons (Fsp3) is 0.526. The lowest BCUT2D eigenvalue weighted by molar-refractivity contribution is -0.00670. The average Bonchev–Trinajstić information content (AvgIpc) is 2.51. The monoisotopic (exact) mass is 313 g/mol. The van der Waals surface area contributed by atoms with Gasteiger partial charge in [0.1, 0.15) is 5.82 Å². The first-order valence-electron chi connectivity index (χ1n) is 8.72. The van der Waals surface area contributed by atoms with Gasteiger partial charge in [-0.25, -0.2) is 4.39 Å². The third-order valence-corrected chi connectivity index (χ3v) is 5.36. The number of likely N-dealkylation sites (tertiary alicyclic amines) is 2. The van der Waals surface area contributed by atoms with Gasteiger partial charge in [0.2, 0.25) is 0 Å². The summed E-state index contributed by atoms with van der Waals surface area (Å²) in [5.41, 5.74) is 1.96. The second-order valence-electron chi connectivity index (χ2n) is 7.07. The minimum absolute atomic E-state index is 0.201. The molecule has 0 bridgehead atoms. The fourth-order valence-corrected chi connectivity index (χ4v) is 4.00. The van der Waals surface area contributed by atoms with Crippen molar-refractivity contribution in [3.05, 3.63) is 41.8 Å². The molecule has 23 heavy (non-hydrogen) atoms. The smallest absolute Gasteiger partial charge is 0.123 e. The molecule has 2 aliphatic heterocycles. The van der Waals surface area contributed by atoms with Crippen LogP contribution in [0, 0.1) is 5.82 Å². The molecule has 0 amide bonds. The molecule has 0 radical (unpaired) electrons. The lowest BCUT2D eigenvalue weighted by Crippen LogP contribution is -2.61. The topological polar surface area (TPSA) is 19.4 Å². The summed E-state index contributed by atoms with van der Waals surface area (Å²) in [7, 11) is 0. The Hall–Kier alpha value is -1.52. The van der Waals surface area contributed by atoms with Gasteiger partial charge in [-0.05, 0) is 50.6 Å². The highest BCUT2D eigenvalue weighted by atomic mass is 19.1. The number of piperidine rings is 1. The van der Waals surface area contributed by atoms with E-state index in [1.165, 1.54) is 31.9 Å². The fourth-order valence-electron chi connectivity index (χ4n) is 4.00. The summed E-state index contributed by atoms with van der Waals surface area (Å²) in [5, 5.41) is 0.873. The van der Waals surface area contributed by atoms with Crippen LogP contribution in [0.5, 0.6) is 0 Å². The molecular formula is C19H24FN3. The maximum Gasteiger partial charge on any atom is 0.123 e. The molecule has 0 N–H and O–H groups in total. The van der Waals surface area contributed by atoms with Crippen molar-refractivity contribution in [2.45, 2.75) is 44.8 Å². The summed E-state index contributed by atoms with van der Waals surface area (Å²) < 4.78 is 13.2. The van der Waals surface area contributed by atoms with E-state index in [-0.39, 0.29) is 5.82 Å². The van der Waals surface area contributed by atoms with Gasteiger partial charge in [-0.1, -0.05) is 12.5 Å². The average molecular weight is 313 g/mol. The summed E-state index contributed by atoms with van der Waals surface area (Å²) >= 11 is 0. The Morgan fingerprint density at radius 1 is 1.17 bits per heavy atom. The maximum absolute atomic E-state index is 13.2. The summed E-state index contributed by atoms with van der Waals surface area (Å²) in [6.07, 6.45) is 4.08. The minimum atomic E-state index is -0.201. The van der Waals surface area contributed by atoms with Crippen molar-refractivity contribution in [2.75, 3.05) is 19.6 Å². The van der Waals surface area contributed by atoms with E-state index in [2.05, 4.69) is 21.7 Å². The standard InChI is InChI=1S/C19H24FN3/c1-14-4-2-3-9-23(14)18-12-22(13-18)11-17-7-5-15-10-16(20)6-8-19(15)21-17/h5-8,10,14,18H,2-4,9,11-13H2,1H3. The number of benzene rings is 1. The van der Waals surface area contributed by atoms with Gasteiger partial charge < -0.3 is 0 Å². The van der Waals surface area contributed by atoms with E-state index in [0.29, 0.717) is 0 Å². The van der Waals surface area contributed by atoms with Crippen molar-refractivity contribution in [1.29, 1.82) is 0 Å². The number of nitrogens with zero attached hydrogens (tertiary/aromatic N) is 3. The van der Waals surface area contributed by atoms with E-state index in [1.54, 1.807) is 12.1 Å². The molecule has 3 heterocycles. The number of hydrogen-bond donors (Lipinski definition) is 0. The molecule has 1 unspecified atom stereocenters. The van der Waals surface area contributed by atoms with Crippen LogP contribution in [0.1, 0.15) is 31.9 Å². The first-order chi connectivity index (χ1) is 11.2. The van der Waals surface area contributed by atoms with E-state index in [1.807, 2.05) is 12.1 Å². The van der Waals surface area contributed by atoms with Crippen molar-refractivity contribution in [3.63, 3.8) is 0 Å². The van der Waals surface area contributed by atoms with Gasteiger partial charge in [0.25, 0.3) is 0 Å². The predicted octanol–water partition coefficient (Wildman–Crippen LogP) is 3.43. The van der Waals surface area contributed by atoms with E-state index < -0.39 is 0 Å². The largest absolute Gasteiger partial charge is 0.295 e. The summed E-state index contributed by atoms with van der Waals surface area (Å²) in [5.74, 6) is -0.201. The molecule has 2 aliphatic rings. The zero-order valence-corrected chi connectivity index (χ0v) is 13.7. The molecule has 1 aromatic heterocycles. The van der Waals surface area contributed by atoms with E-state index in [9.17, 15) is 4.39 Å². The number of halogens is 1. The number of pyridine rings is 1. The Labute approximate surface area is 137 Å². The van der Waals surface area contributed by atoms with Crippen LogP contribution in [0.2, 0.25) is 0 Å². The maximum atomic E-state index is 13.2. The number of hydrogen-bond acceptors (Lipinski definition) is 3. The molecule has 0 saturated carbocycles. The van der Waals surface area contributed by atoms with Gasteiger partial charge in [-0.3, -0.25) is 14.8 Å². The second-order valence-corrected chi connectivity index (χ2v) is 7.07. The second kappa shape index (κ2) is 6.17. The van der Waals surface area contributed by atoms with Crippen molar-refractivity contribution in [2.24, 2.45) is 0 Å². The minimum Gasteiger partial charge on any atom is -0.295 e. The molecule has 2 fully saturated rings. The van der Waals surface area contributed by atoms with Gasteiger partial charge >= 0.3 is 0 Å². The first kappa shape index (κ1) is 15.0. The van der Waals surface area contributed by atoms with Crippen molar-refractivity contribution < 1.29 is 4.39 Å². The zero-order chi connectivity index (χ0) is 15.8. The van der Waals surface area contributed by atoms with Crippen LogP contribution in [0.25, 0.3) is 10.9 Å². The zero-order valence-electron chi connectivity index (χ0n) is 13.7. The van der Waals surface area contributed by atoms with Gasteiger partial charge in [-0.15, -0.1) is 0 Å². The first-order valence-corrected chi connectivity index (χ1v) is 8.72. The summed E-state index contributed by atoms with van der Waals surface area (Å²) in [4.78, 5) is 9.82. The van der Waals surface area contributed by atoms with Crippen molar-refractivity contribution in [1.82, 2.24) is 14.8 Å². The Bertz CT molecular complexity index is 696. The lowest BCUT2D eigenvalue weighted by atomic mass is 9.97. The Balaban J connectivity index is 1.37. The molecule has 3 nitrogen and oxygen atoms in total. The Morgan fingerprint density at radius 2 is 2.04 bits per heavy atom. The highest BCUT2D eigenvalue weighted by Crippen LogP contribution is 2.25. The van der Waals surface area contributed by atoms with Crippen LogP contribution in [0.3, 0.4) is 0 Å². The van der Waals surface area contributed by atoms with Crippen LogP contribution < -0.4 is 0 Å². The highest BCUT2D eigenvalue weighted by Gasteiger charge is 2.34. The van der Waals surface area contributed by atoms with E-state index in [0.717, 1.165) is 48.3 Å². The molecular weight excluding hydrogens is 289 g/mol. The van der Waals surface area contributed by atoms with Crippen molar-refractivity contribution in [3.8, 4) is 0 Å². The highest BCUT2D eigenvalue weighted by molar-refractivity contribution is 5.78. The van der Waals surface area contributed by atoms with Crippen LogP contribution in [0.15, 0.2) is 30.3 Å². The molecule has 2 saturated heterocycles. The molecule has 1 aromatic carbocycles. The van der Waals surface area contributed by atoms with E-state index >= 15 is 0 Å². The summed E-state index contributed by atoms with van der Waals surface area (Å²) in [6, 6.07) is 10.3. The van der Waals surface area contributed by atoms with E-state index in [4.69, 9.17) is 0 Å². The van der Waals surface area contributed by atoms with Crippen LogP contribution >= 0.6 is 0 Å². The third-order valence-electron chi connectivity index (χ3n) is 5.36. The molecule has 122 valence electrons. The molecule has 4 heteroatoms. The van der Waals surface area contributed by atoms with Gasteiger partial charge in [0.15, 0.2) is 0 Å². The van der Waals surface area contributed by atoms with Crippen LogP contribution in [-0.4, -0.2) is 46.5 Å². The lowest BCUT2D eigenvalue weighted by Gasteiger charge is -2.49. The normalized spacial score (nSPS) is 24.0. The molecule has 2 aromatic rings. The number of aromatic nitrogens is 1.